The maximum absolute atomic E-state index is 14.9. The molecule has 0 unspecified atom stereocenters. The van der Waals surface area contributed by atoms with E-state index in [1.807, 2.05) is 29.7 Å². The van der Waals surface area contributed by atoms with E-state index in [4.69, 9.17) is 4.98 Å². The number of anilines is 1. The average Bonchev–Trinajstić information content (AvgIpc) is 3.36. The minimum atomic E-state index is -0.245. The third-order valence-electron chi connectivity index (χ3n) is 5.66. The largest absolute Gasteiger partial charge is 0.358 e. The van der Waals surface area contributed by atoms with Gasteiger partial charge in [-0.1, -0.05) is 6.07 Å². The van der Waals surface area contributed by atoms with E-state index in [1.165, 1.54) is 12.4 Å². The quantitative estimate of drug-likeness (QED) is 0.446. The molecule has 1 atom stereocenters. The number of hydrogen-bond acceptors (Lipinski definition) is 6. The molecule has 31 heavy (non-hydrogen) atoms. The molecule has 9 heteroatoms. The first-order valence-electron chi connectivity index (χ1n) is 10.2. The fourth-order valence-corrected chi connectivity index (χ4v) is 4.10. The maximum atomic E-state index is 14.9. The predicted molar refractivity (Wildman–Crippen MR) is 115 cm³/mol. The number of nitrogens with one attached hydrogen (secondary N) is 2. The number of rotatable bonds is 5. The van der Waals surface area contributed by atoms with Gasteiger partial charge in [0.2, 0.25) is 0 Å². The summed E-state index contributed by atoms with van der Waals surface area (Å²) in [6.45, 7) is 2.00. The molecule has 6 rings (SSSR count). The fourth-order valence-electron chi connectivity index (χ4n) is 4.10. The van der Waals surface area contributed by atoms with Crippen molar-refractivity contribution >= 4 is 28.0 Å². The van der Waals surface area contributed by atoms with Crippen molar-refractivity contribution in [1.29, 1.82) is 0 Å². The molecule has 0 amide bonds. The third-order valence-corrected chi connectivity index (χ3v) is 5.66. The molecule has 4 aromatic heterocycles. The van der Waals surface area contributed by atoms with E-state index in [1.54, 1.807) is 18.6 Å². The Morgan fingerprint density at radius 1 is 1.13 bits per heavy atom. The van der Waals surface area contributed by atoms with Crippen LogP contribution in [0.5, 0.6) is 0 Å². The van der Waals surface area contributed by atoms with E-state index < -0.39 is 0 Å². The van der Waals surface area contributed by atoms with Gasteiger partial charge in [-0.15, -0.1) is 0 Å². The number of pyridine rings is 1. The molecular weight excluding hydrogens is 395 g/mol. The number of nitrogens with zero attached hydrogens (tertiary/aromatic N) is 6. The fraction of sp³-hybridized carbons (Fsp3) is 0.227. The van der Waals surface area contributed by atoms with Crippen molar-refractivity contribution in [3.8, 4) is 5.82 Å². The summed E-state index contributed by atoms with van der Waals surface area (Å²) in [6, 6.07) is 8.71. The average molecular weight is 414 g/mol. The number of hydrogen-bond donors (Lipinski definition) is 2. The topological polar surface area (TPSA) is 97.2 Å². The molecule has 1 aromatic carbocycles. The lowest BCUT2D eigenvalue weighted by Gasteiger charge is -2.17. The Labute approximate surface area is 176 Å². The Bertz CT molecular complexity index is 1400. The summed E-state index contributed by atoms with van der Waals surface area (Å²) in [5.74, 6) is 2.10. The van der Waals surface area contributed by atoms with Crippen LogP contribution in [0.2, 0.25) is 0 Å². The monoisotopic (exact) mass is 414 g/mol. The summed E-state index contributed by atoms with van der Waals surface area (Å²) < 4.78 is 16.9. The molecule has 2 N–H and O–H groups in total. The van der Waals surface area contributed by atoms with Gasteiger partial charge in [-0.25, -0.2) is 29.3 Å². The zero-order valence-corrected chi connectivity index (χ0v) is 16.7. The van der Waals surface area contributed by atoms with Gasteiger partial charge in [-0.2, -0.15) is 0 Å². The standard InChI is InChI=1S/C22H19FN8/c1-12(29-21-18-20(26-10-25-18)27-11-28-21)22-30-15-8-7-14(23)17(13-5-6-13)19(15)31(22)16-4-2-3-9-24-16/h2-4,7-13H,5-6H2,1H3,(H2,25,26,27,28,29)/t12-/m0/s1. The van der Waals surface area contributed by atoms with Crippen molar-refractivity contribution in [1.82, 2.24) is 34.5 Å². The summed E-state index contributed by atoms with van der Waals surface area (Å²) in [5.41, 5.74) is 3.58. The van der Waals surface area contributed by atoms with E-state index >= 15 is 0 Å². The Morgan fingerprint density at radius 3 is 2.84 bits per heavy atom. The van der Waals surface area contributed by atoms with Gasteiger partial charge in [0.25, 0.3) is 0 Å². The van der Waals surface area contributed by atoms with Crippen LogP contribution in [0, 0.1) is 5.82 Å². The van der Waals surface area contributed by atoms with E-state index in [-0.39, 0.29) is 17.8 Å². The molecule has 154 valence electrons. The minimum absolute atomic E-state index is 0.186. The summed E-state index contributed by atoms with van der Waals surface area (Å²) in [4.78, 5) is 25.2. The van der Waals surface area contributed by atoms with Crippen molar-refractivity contribution in [2.24, 2.45) is 0 Å². The number of aromatic amines is 1. The molecule has 1 fully saturated rings. The normalized spacial score (nSPS) is 14.9. The smallest absolute Gasteiger partial charge is 0.182 e. The first kappa shape index (κ1) is 17.9. The van der Waals surface area contributed by atoms with Crippen LogP contribution in [0.25, 0.3) is 28.0 Å². The Morgan fingerprint density at radius 2 is 2.03 bits per heavy atom. The van der Waals surface area contributed by atoms with Crippen LogP contribution in [-0.4, -0.2) is 34.5 Å². The molecule has 0 spiro atoms. The summed E-state index contributed by atoms with van der Waals surface area (Å²) >= 11 is 0. The van der Waals surface area contributed by atoms with E-state index in [0.29, 0.717) is 17.3 Å². The predicted octanol–water partition coefficient (Wildman–Crippen LogP) is 4.28. The van der Waals surface area contributed by atoms with E-state index in [2.05, 4.69) is 30.2 Å². The number of aromatic nitrogens is 7. The SMILES string of the molecule is C[C@H](Nc1ncnc2nc[nH]c12)c1nc2ccc(F)c(C3CC3)c2n1-c1ccccn1. The number of halogens is 1. The molecule has 0 radical (unpaired) electrons. The highest BCUT2D eigenvalue weighted by Gasteiger charge is 2.32. The first-order chi connectivity index (χ1) is 15.2. The highest BCUT2D eigenvalue weighted by Crippen LogP contribution is 2.45. The Kier molecular flexibility index (Phi) is 3.95. The molecule has 4 heterocycles. The van der Waals surface area contributed by atoms with Gasteiger partial charge in [-0.05, 0) is 49.9 Å². The van der Waals surface area contributed by atoms with Crippen LogP contribution < -0.4 is 5.32 Å². The van der Waals surface area contributed by atoms with Gasteiger partial charge < -0.3 is 10.3 Å². The van der Waals surface area contributed by atoms with Gasteiger partial charge in [0.15, 0.2) is 11.5 Å². The maximum Gasteiger partial charge on any atom is 0.182 e. The molecule has 0 saturated heterocycles. The molecule has 0 aliphatic heterocycles. The molecule has 1 saturated carbocycles. The van der Waals surface area contributed by atoms with Crippen molar-refractivity contribution in [3.63, 3.8) is 0 Å². The van der Waals surface area contributed by atoms with Gasteiger partial charge in [0.1, 0.15) is 29.3 Å². The van der Waals surface area contributed by atoms with Crippen molar-refractivity contribution < 1.29 is 4.39 Å². The number of imidazole rings is 2. The van der Waals surface area contributed by atoms with Crippen LogP contribution in [0.1, 0.15) is 43.1 Å². The minimum Gasteiger partial charge on any atom is -0.358 e. The van der Waals surface area contributed by atoms with Gasteiger partial charge in [0.05, 0.1) is 23.4 Å². The second kappa shape index (κ2) is 6.83. The van der Waals surface area contributed by atoms with E-state index in [9.17, 15) is 4.39 Å². The lowest BCUT2D eigenvalue weighted by molar-refractivity contribution is 0.612. The number of H-pyrrole nitrogens is 1. The van der Waals surface area contributed by atoms with Crippen LogP contribution in [-0.2, 0) is 0 Å². The first-order valence-corrected chi connectivity index (χ1v) is 10.2. The van der Waals surface area contributed by atoms with Crippen molar-refractivity contribution in [2.45, 2.75) is 31.7 Å². The molecule has 1 aliphatic rings. The van der Waals surface area contributed by atoms with Crippen LogP contribution >= 0.6 is 0 Å². The van der Waals surface area contributed by atoms with Gasteiger partial charge in [-0.3, -0.25) is 4.57 Å². The number of fused-ring (bicyclic) bond motifs is 2. The molecule has 1 aliphatic carbocycles. The summed E-state index contributed by atoms with van der Waals surface area (Å²) in [6.07, 6.45) is 6.78. The summed E-state index contributed by atoms with van der Waals surface area (Å²) in [5, 5.41) is 3.41. The number of benzene rings is 1. The lowest BCUT2D eigenvalue weighted by atomic mass is 10.1. The van der Waals surface area contributed by atoms with E-state index in [0.717, 1.165) is 40.8 Å². The molecular formula is C22H19FN8. The Hall–Kier alpha value is -3.88. The van der Waals surface area contributed by atoms with Gasteiger partial charge >= 0.3 is 0 Å². The zero-order chi connectivity index (χ0) is 20.9. The summed E-state index contributed by atoms with van der Waals surface area (Å²) in [7, 11) is 0. The van der Waals surface area contributed by atoms with Crippen LogP contribution in [0.3, 0.4) is 0 Å². The molecule has 8 nitrogen and oxygen atoms in total. The van der Waals surface area contributed by atoms with Crippen molar-refractivity contribution in [3.05, 3.63) is 66.4 Å². The molecule has 5 aromatic rings. The van der Waals surface area contributed by atoms with Crippen LogP contribution in [0.15, 0.2) is 49.2 Å². The Balaban J connectivity index is 1.54. The highest BCUT2D eigenvalue weighted by molar-refractivity contribution is 5.84. The van der Waals surface area contributed by atoms with Crippen molar-refractivity contribution in [2.75, 3.05) is 5.32 Å². The zero-order valence-electron chi connectivity index (χ0n) is 16.7. The van der Waals surface area contributed by atoms with Gasteiger partial charge in [0, 0.05) is 11.8 Å². The highest BCUT2D eigenvalue weighted by atomic mass is 19.1. The second-order valence-corrected chi connectivity index (χ2v) is 7.79. The third kappa shape index (κ3) is 2.92. The van der Waals surface area contributed by atoms with Crippen LogP contribution in [0.4, 0.5) is 10.2 Å². The second-order valence-electron chi connectivity index (χ2n) is 7.79. The molecule has 0 bridgehead atoms. The lowest BCUT2D eigenvalue weighted by Crippen LogP contribution is -2.15.